The third-order valence-electron chi connectivity index (χ3n) is 3.72. The number of hydrogen-bond donors (Lipinski definition) is 1. The summed E-state index contributed by atoms with van der Waals surface area (Å²) < 4.78 is 0. The lowest BCUT2D eigenvalue weighted by atomic mass is 10.1. The zero-order valence-corrected chi connectivity index (χ0v) is 13.2. The van der Waals surface area contributed by atoms with E-state index < -0.39 is 0 Å². The summed E-state index contributed by atoms with van der Waals surface area (Å²) >= 11 is 1.55. The van der Waals surface area contributed by atoms with Crippen molar-refractivity contribution in [3.63, 3.8) is 0 Å². The lowest BCUT2D eigenvalue weighted by Gasteiger charge is -2.12. The van der Waals surface area contributed by atoms with E-state index in [2.05, 4.69) is 47.6 Å². The Morgan fingerprint density at radius 3 is 2.91 bits per heavy atom. The highest BCUT2D eigenvalue weighted by atomic mass is 32.1. The van der Waals surface area contributed by atoms with Crippen LogP contribution in [0.15, 0.2) is 48.7 Å². The Labute approximate surface area is 134 Å². The van der Waals surface area contributed by atoms with Crippen molar-refractivity contribution in [2.45, 2.75) is 19.4 Å². The molecule has 1 unspecified atom stereocenters. The Morgan fingerprint density at radius 1 is 1.23 bits per heavy atom. The molecule has 1 aromatic carbocycles. The molecule has 1 atom stereocenters. The maximum atomic E-state index is 8.89. The summed E-state index contributed by atoms with van der Waals surface area (Å²) in [6, 6.07) is 16.7. The highest BCUT2D eigenvalue weighted by Gasteiger charge is 2.08. The lowest BCUT2D eigenvalue weighted by Crippen LogP contribution is -2.20. The van der Waals surface area contributed by atoms with Crippen molar-refractivity contribution < 1.29 is 0 Å². The minimum atomic E-state index is 0.259. The standard InChI is InChI=1S/C18H17N3S/c1-13(17-8-7-16(12-19)22-17)20-11-9-15-5-2-4-14-6-3-10-21-18(14)15/h2-8,10,13,20H,9,11H2,1H3. The van der Waals surface area contributed by atoms with E-state index >= 15 is 0 Å². The van der Waals surface area contributed by atoms with Gasteiger partial charge in [0.2, 0.25) is 0 Å². The number of aromatic nitrogens is 1. The van der Waals surface area contributed by atoms with Gasteiger partial charge in [-0.2, -0.15) is 5.26 Å². The molecule has 0 saturated carbocycles. The first-order valence-corrected chi connectivity index (χ1v) is 8.15. The predicted molar refractivity (Wildman–Crippen MR) is 90.9 cm³/mol. The number of nitrogens with zero attached hydrogens (tertiary/aromatic N) is 2. The second-order valence-corrected chi connectivity index (χ2v) is 6.35. The second kappa shape index (κ2) is 6.69. The fourth-order valence-corrected chi connectivity index (χ4v) is 3.37. The van der Waals surface area contributed by atoms with Crippen molar-refractivity contribution in [2.75, 3.05) is 6.54 Å². The smallest absolute Gasteiger partial charge is 0.110 e. The number of pyridine rings is 1. The summed E-state index contributed by atoms with van der Waals surface area (Å²) in [7, 11) is 0. The zero-order chi connectivity index (χ0) is 15.4. The summed E-state index contributed by atoms with van der Waals surface area (Å²) in [5.41, 5.74) is 2.35. The summed E-state index contributed by atoms with van der Waals surface area (Å²) in [5.74, 6) is 0. The van der Waals surface area contributed by atoms with E-state index in [0.29, 0.717) is 0 Å². The Kier molecular flexibility index (Phi) is 4.47. The van der Waals surface area contributed by atoms with Gasteiger partial charge in [-0.15, -0.1) is 11.3 Å². The molecular weight excluding hydrogens is 290 g/mol. The Balaban J connectivity index is 1.64. The summed E-state index contributed by atoms with van der Waals surface area (Å²) in [6.07, 6.45) is 2.78. The van der Waals surface area contributed by atoms with Gasteiger partial charge in [0, 0.05) is 22.5 Å². The summed E-state index contributed by atoms with van der Waals surface area (Å²) in [6.45, 7) is 3.02. The number of benzene rings is 1. The Morgan fingerprint density at radius 2 is 2.09 bits per heavy atom. The van der Waals surface area contributed by atoms with Crippen molar-refractivity contribution in [3.8, 4) is 6.07 Å². The maximum Gasteiger partial charge on any atom is 0.110 e. The third-order valence-corrected chi connectivity index (χ3v) is 4.90. The highest BCUT2D eigenvalue weighted by Crippen LogP contribution is 2.22. The SMILES string of the molecule is CC(NCCc1cccc2cccnc12)c1ccc(C#N)s1. The van der Waals surface area contributed by atoms with Gasteiger partial charge in [-0.1, -0.05) is 24.3 Å². The van der Waals surface area contributed by atoms with E-state index in [9.17, 15) is 0 Å². The molecule has 3 aromatic rings. The molecule has 0 aliphatic rings. The van der Waals surface area contributed by atoms with Crippen LogP contribution in [0.1, 0.15) is 28.3 Å². The molecule has 0 spiro atoms. The number of nitriles is 1. The second-order valence-electron chi connectivity index (χ2n) is 5.23. The van der Waals surface area contributed by atoms with Crippen LogP contribution in [0.5, 0.6) is 0 Å². The molecule has 0 fully saturated rings. The van der Waals surface area contributed by atoms with Crippen LogP contribution in [0.2, 0.25) is 0 Å². The van der Waals surface area contributed by atoms with Crippen LogP contribution in [0.4, 0.5) is 0 Å². The van der Waals surface area contributed by atoms with Gasteiger partial charge in [-0.25, -0.2) is 0 Å². The molecule has 1 N–H and O–H groups in total. The van der Waals surface area contributed by atoms with Gasteiger partial charge >= 0.3 is 0 Å². The van der Waals surface area contributed by atoms with Crippen LogP contribution in [-0.4, -0.2) is 11.5 Å². The van der Waals surface area contributed by atoms with E-state index in [-0.39, 0.29) is 6.04 Å². The van der Waals surface area contributed by atoms with Gasteiger partial charge in [-0.3, -0.25) is 4.98 Å². The molecule has 2 aromatic heterocycles. The van der Waals surface area contributed by atoms with Crippen LogP contribution in [0.3, 0.4) is 0 Å². The lowest BCUT2D eigenvalue weighted by molar-refractivity contribution is 0.585. The van der Waals surface area contributed by atoms with Gasteiger partial charge in [0.05, 0.1) is 5.52 Å². The molecule has 0 saturated heterocycles. The van der Waals surface area contributed by atoms with E-state index in [4.69, 9.17) is 5.26 Å². The quantitative estimate of drug-likeness (QED) is 0.773. The largest absolute Gasteiger partial charge is 0.309 e. The topological polar surface area (TPSA) is 48.7 Å². The average molecular weight is 307 g/mol. The van der Waals surface area contributed by atoms with Crippen molar-refractivity contribution in [3.05, 3.63) is 64.0 Å². The van der Waals surface area contributed by atoms with Gasteiger partial charge < -0.3 is 5.32 Å². The molecule has 2 heterocycles. The molecule has 0 aliphatic heterocycles. The minimum absolute atomic E-state index is 0.259. The first kappa shape index (κ1) is 14.7. The Hall–Kier alpha value is -2.22. The molecule has 4 heteroatoms. The van der Waals surface area contributed by atoms with Crippen LogP contribution < -0.4 is 5.32 Å². The molecule has 3 rings (SSSR count). The molecule has 22 heavy (non-hydrogen) atoms. The monoisotopic (exact) mass is 307 g/mol. The fourth-order valence-electron chi connectivity index (χ4n) is 2.54. The van der Waals surface area contributed by atoms with Gasteiger partial charge in [0.25, 0.3) is 0 Å². The van der Waals surface area contributed by atoms with Crippen LogP contribution >= 0.6 is 11.3 Å². The molecule has 3 nitrogen and oxygen atoms in total. The maximum absolute atomic E-state index is 8.89. The van der Waals surface area contributed by atoms with Crippen molar-refractivity contribution in [2.24, 2.45) is 0 Å². The van der Waals surface area contributed by atoms with Crippen molar-refractivity contribution >= 4 is 22.2 Å². The van der Waals surface area contributed by atoms with Gasteiger partial charge in [0.1, 0.15) is 10.9 Å². The van der Waals surface area contributed by atoms with E-state index in [1.807, 2.05) is 24.4 Å². The first-order chi connectivity index (χ1) is 10.8. The van der Waals surface area contributed by atoms with E-state index in [0.717, 1.165) is 23.4 Å². The van der Waals surface area contributed by atoms with Gasteiger partial charge in [-0.05, 0) is 43.7 Å². The van der Waals surface area contributed by atoms with E-state index in [1.54, 1.807) is 11.3 Å². The molecular formula is C18H17N3S. The zero-order valence-electron chi connectivity index (χ0n) is 12.4. The number of nitrogens with one attached hydrogen (secondary N) is 1. The highest BCUT2D eigenvalue weighted by molar-refractivity contribution is 7.12. The molecule has 0 bridgehead atoms. The minimum Gasteiger partial charge on any atom is -0.309 e. The fraction of sp³-hybridized carbons (Fsp3) is 0.222. The normalized spacial score (nSPS) is 12.2. The van der Waals surface area contributed by atoms with Crippen LogP contribution in [-0.2, 0) is 6.42 Å². The molecule has 110 valence electrons. The van der Waals surface area contributed by atoms with Crippen molar-refractivity contribution in [1.29, 1.82) is 5.26 Å². The number of fused-ring (bicyclic) bond motifs is 1. The number of rotatable bonds is 5. The molecule has 0 amide bonds. The van der Waals surface area contributed by atoms with Gasteiger partial charge in [0.15, 0.2) is 0 Å². The number of para-hydroxylation sites is 1. The van der Waals surface area contributed by atoms with Crippen LogP contribution in [0.25, 0.3) is 10.9 Å². The third kappa shape index (κ3) is 3.16. The predicted octanol–water partition coefficient (Wildman–Crippen LogP) is 4.06. The Bertz CT molecular complexity index is 811. The van der Waals surface area contributed by atoms with Crippen LogP contribution in [0, 0.1) is 11.3 Å². The average Bonchev–Trinajstić information content (AvgIpc) is 3.04. The first-order valence-electron chi connectivity index (χ1n) is 7.34. The summed E-state index contributed by atoms with van der Waals surface area (Å²) in [4.78, 5) is 6.46. The van der Waals surface area contributed by atoms with Crippen molar-refractivity contribution in [1.82, 2.24) is 10.3 Å². The molecule has 0 radical (unpaired) electrons. The molecule has 0 aliphatic carbocycles. The summed E-state index contributed by atoms with van der Waals surface area (Å²) in [5, 5.41) is 13.6. The number of thiophene rings is 1. The van der Waals surface area contributed by atoms with E-state index in [1.165, 1.54) is 15.8 Å². The number of hydrogen-bond acceptors (Lipinski definition) is 4.